The van der Waals surface area contributed by atoms with Crippen molar-refractivity contribution in [3.8, 4) is 17.2 Å². The van der Waals surface area contributed by atoms with Gasteiger partial charge in [0.1, 0.15) is 5.75 Å². The first-order chi connectivity index (χ1) is 15.9. The average molecular weight is 450 g/mol. The highest BCUT2D eigenvalue weighted by Crippen LogP contribution is 2.46. The number of hydrogen-bond donors (Lipinski definition) is 2. The summed E-state index contributed by atoms with van der Waals surface area (Å²) < 4.78 is 15.8. The molecule has 0 unspecified atom stereocenters. The zero-order chi connectivity index (χ0) is 23.7. The second kappa shape index (κ2) is 9.02. The summed E-state index contributed by atoms with van der Waals surface area (Å²) in [6, 6.07) is 12.3. The molecule has 33 heavy (non-hydrogen) atoms. The maximum atomic E-state index is 13.5. The van der Waals surface area contributed by atoms with Gasteiger partial charge in [-0.15, -0.1) is 0 Å². The van der Waals surface area contributed by atoms with Gasteiger partial charge in [-0.05, 0) is 54.7 Å². The lowest BCUT2D eigenvalue weighted by Gasteiger charge is -2.36. The second-order valence-electron chi connectivity index (χ2n) is 8.21. The van der Waals surface area contributed by atoms with Gasteiger partial charge in [0.2, 0.25) is 0 Å². The van der Waals surface area contributed by atoms with Crippen molar-refractivity contribution in [1.29, 1.82) is 0 Å². The van der Waals surface area contributed by atoms with E-state index in [4.69, 9.17) is 14.2 Å². The fourth-order valence-corrected chi connectivity index (χ4v) is 4.76. The maximum Gasteiger partial charge on any atom is 0.336 e. The first kappa shape index (κ1) is 22.5. The van der Waals surface area contributed by atoms with E-state index in [0.29, 0.717) is 41.2 Å². The molecule has 2 N–H and O–H groups in total. The monoisotopic (exact) mass is 449 g/mol. The minimum absolute atomic E-state index is 0.0319. The highest BCUT2D eigenvalue weighted by molar-refractivity contribution is 6.04. The first-order valence-corrected chi connectivity index (χ1v) is 10.7. The van der Waals surface area contributed by atoms with Crippen molar-refractivity contribution >= 4 is 11.8 Å². The molecule has 0 bridgehead atoms. The van der Waals surface area contributed by atoms with Crippen LogP contribution in [0.5, 0.6) is 17.2 Å². The third-order valence-corrected chi connectivity index (χ3v) is 6.34. The van der Waals surface area contributed by atoms with Crippen molar-refractivity contribution in [2.75, 3.05) is 21.3 Å². The second-order valence-corrected chi connectivity index (χ2v) is 8.21. The van der Waals surface area contributed by atoms with Crippen molar-refractivity contribution < 1.29 is 28.9 Å². The molecule has 0 aromatic heterocycles. The van der Waals surface area contributed by atoms with E-state index in [0.717, 1.165) is 16.8 Å². The number of ether oxygens (including phenoxy) is 3. The number of phenols is 1. The SMILES string of the molecule is COC(=O)C1=C(C)NC2=C(C(=O)C[C@H](c3ccc(OC)c(OC)c3)C2)[C@H]1c1ccc(O)cc1. The summed E-state index contributed by atoms with van der Waals surface area (Å²) in [5, 5.41) is 13.0. The van der Waals surface area contributed by atoms with E-state index in [1.165, 1.54) is 7.11 Å². The molecule has 0 saturated heterocycles. The molecule has 7 nitrogen and oxygen atoms in total. The minimum atomic E-state index is -0.562. The van der Waals surface area contributed by atoms with E-state index in [2.05, 4.69) is 5.32 Å². The molecule has 2 aromatic carbocycles. The highest BCUT2D eigenvalue weighted by Gasteiger charge is 2.41. The number of rotatable bonds is 5. The number of carbonyl (C=O) groups excluding carboxylic acids is 2. The van der Waals surface area contributed by atoms with Gasteiger partial charge in [-0.3, -0.25) is 4.79 Å². The molecule has 0 amide bonds. The first-order valence-electron chi connectivity index (χ1n) is 10.7. The van der Waals surface area contributed by atoms with Crippen molar-refractivity contribution in [2.45, 2.75) is 31.6 Å². The Morgan fingerprint density at radius 1 is 0.970 bits per heavy atom. The number of esters is 1. The summed E-state index contributed by atoms with van der Waals surface area (Å²) in [4.78, 5) is 26.2. The Bertz CT molecular complexity index is 1160. The zero-order valence-electron chi connectivity index (χ0n) is 19.1. The van der Waals surface area contributed by atoms with Crippen molar-refractivity contribution in [3.63, 3.8) is 0 Å². The van der Waals surface area contributed by atoms with Gasteiger partial charge in [-0.1, -0.05) is 18.2 Å². The standard InChI is InChI=1S/C26H27NO6/c1-14-23(26(30)33-4)24(15-5-8-18(28)9-6-15)25-19(27-14)11-17(12-20(25)29)16-7-10-21(31-2)22(13-16)32-3/h5-10,13,17,24,27-28H,11-12H2,1-4H3/t17-,24+/m1/s1. The lowest BCUT2D eigenvalue weighted by atomic mass is 9.71. The predicted molar refractivity (Wildman–Crippen MR) is 122 cm³/mol. The predicted octanol–water partition coefficient (Wildman–Crippen LogP) is 3.94. The summed E-state index contributed by atoms with van der Waals surface area (Å²) in [7, 11) is 4.50. The molecule has 2 aliphatic rings. The van der Waals surface area contributed by atoms with E-state index >= 15 is 0 Å². The lowest BCUT2D eigenvalue weighted by Crippen LogP contribution is -2.36. The zero-order valence-corrected chi connectivity index (χ0v) is 19.1. The Kier molecular flexibility index (Phi) is 6.14. The van der Waals surface area contributed by atoms with Crippen molar-refractivity contribution in [3.05, 3.63) is 76.1 Å². The molecule has 1 heterocycles. The Labute approximate surface area is 192 Å². The third-order valence-electron chi connectivity index (χ3n) is 6.34. The van der Waals surface area contributed by atoms with Gasteiger partial charge in [0.25, 0.3) is 0 Å². The number of hydrogen-bond acceptors (Lipinski definition) is 7. The molecule has 0 spiro atoms. The quantitative estimate of drug-likeness (QED) is 0.668. The van der Waals surface area contributed by atoms with Crippen LogP contribution in [-0.2, 0) is 14.3 Å². The smallest absolute Gasteiger partial charge is 0.336 e. The molecular weight excluding hydrogens is 422 g/mol. The van der Waals surface area contributed by atoms with Gasteiger partial charge in [-0.25, -0.2) is 4.79 Å². The number of dihydropyridines is 1. The van der Waals surface area contributed by atoms with E-state index in [-0.39, 0.29) is 17.5 Å². The van der Waals surface area contributed by atoms with Gasteiger partial charge in [-0.2, -0.15) is 0 Å². The third kappa shape index (κ3) is 4.06. The van der Waals surface area contributed by atoms with Crippen LogP contribution in [-0.4, -0.2) is 38.2 Å². The normalized spacial score (nSPS) is 20.2. The highest BCUT2D eigenvalue weighted by atomic mass is 16.5. The minimum Gasteiger partial charge on any atom is -0.508 e. The van der Waals surface area contributed by atoms with Crippen LogP contribution in [0.25, 0.3) is 0 Å². The van der Waals surface area contributed by atoms with Crippen LogP contribution in [0.3, 0.4) is 0 Å². The number of methoxy groups -OCH3 is 3. The largest absolute Gasteiger partial charge is 0.508 e. The van der Waals surface area contributed by atoms with E-state index in [1.54, 1.807) is 38.5 Å². The van der Waals surface area contributed by atoms with Crippen molar-refractivity contribution in [1.82, 2.24) is 5.32 Å². The van der Waals surface area contributed by atoms with Crippen LogP contribution in [0, 0.1) is 0 Å². The fourth-order valence-electron chi connectivity index (χ4n) is 4.76. The molecule has 2 aromatic rings. The Morgan fingerprint density at radius 2 is 1.64 bits per heavy atom. The van der Waals surface area contributed by atoms with Crippen LogP contribution >= 0.6 is 0 Å². The molecule has 0 saturated carbocycles. The summed E-state index contributed by atoms with van der Waals surface area (Å²) >= 11 is 0. The summed E-state index contributed by atoms with van der Waals surface area (Å²) in [5.74, 6) is 0.239. The van der Waals surface area contributed by atoms with Gasteiger partial charge >= 0.3 is 5.97 Å². The van der Waals surface area contributed by atoms with Gasteiger partial charge in [0, 0.05) is 29.3 Å². The molecular formula is C26H27NO6. The molecule has 1 aliphatic heterocycles. The molecule has 7 heteroatoms. The molecule has 2 atom stereocenters. The van der Waals surface area contributed by atoms with E-state index in [1.807, 2.05) is 25.1 Å². The Balaban J connectivity index is 1.77. The molecule has 4 rings (SSSR count). The number of benzene rings is 2. The summed E-state index contributed by atoms with van der Waals surface area (Å²) in [6.07, 6.45) is 0.912. The summed E-state index contributed by atoms with van der Waals surface area (Å²) in [6.45, 7) is 1.81. The molecule has 0 radical (unpaired) electrons. The molecule has 172 valence electrons. The van der Waals surface area contributed by atoms with Crippen LogP contribution in [0.1, 0.15) is 42.7 Å². The molecule has 0 fully saturated rings. The lowest BCUT2D eigenvalue weighted by molar-refractivity contribution is -0.136. The maximum absolute atomic E-state index is 13.5. The van der Waals surface area contributed by atoms with Crippen molar-refractivity contribution in [2.24, 2.45) is 0 Å². The van der Waals surface area contributed by atoms with E-state index in [9.17, 15) is 14.7 Å². The molecule has 1 aliphatic carbocycles. The summed E-state index contributed by atoms with van der Waals surface area (Å²) in [5.41, 5.74) is 4.16. The van der Waals surface area contributed by atoms with Gasteiger partial charge in [0.05, 0.1) is 26.9 Å². The number of Topliss-reactive ketones (excluding diaryl/α,β-unsaturated/α-hetero) is 1. The number of allylic oxidation sites excluding steroid dienone is 3. The van der Waals surface area contributed by atoms with Crippen LogP contribution in [0.15, 0.2) is 65.0 Å². The van der Waals surface area contributed by atoms with Gasteiger partial charge in [0.15, 0.2) is 17.3 Å². The van der Waals surface area contributed by atoms with E-state index < -0.39 is 11.9 Å². The van der Waals surface area contributed by atoms with Gasteiger partial charge < -0.3 is 24.6 Å². The fraction of sp³-hybridized carbons (Fsp3) is 0.308. The van der Waals surface area contributed by atoms with Crippen LogP contribution < -0.4 is 14.8 Å². The van der Waals surface area contributed by atoms with Crippen LogP contribution in [0.4, 0.5) is 0 Å². The average Bonchev–Trinajstić information content (AvgIpc) is 2.82. The number of ketones is 1. The number of phenolic OH excluding ortho intramolecular Hbond substituents is 1. The number of carbonyl (C=O) groups is 2. The number of aromatic hydroxyl groups is 1. The van der Waals surface area contributed by atoms with Crippen LogP contribution in [0.2, 0.25) is 0 Å². The topological polar surface area (TPSA) is 94.1 Å². The Hall–Kier alpha value is -3.74. The number of nitrogens with one attached hydrogen (secondary N) is 1. The Morgan fingerprint density at radius 3 is 2.27 bits per heavy atom.